The minimum absolute atomic E-state index is 0.0408. The van der Waals surface area contributed by atoms with Gasteiger partial charge in [-0.3, -0.25) is 9.59 Å². The van der Waals surface area contributed by atoms with E-state index in [1.54, 1.807) is 29.4 Å². The number of carbonyl (C=O) groups excluding carboxylic acids is 2. The van der Waals surface area contributed by atoms with Gasteiger partial charge in [-0.25, -0.2) is 4.39 Å². The number of methoxy groups -OCH3 is 1. The van der Waals surface area contributed by atoms with E-state index in [4.69, 9.17) is 9.47 Å². The molecule has 0 radical (unpaired) electrons. The van der Waals surface area contributed by atoms with Gasteiger partial charge in [-0.15, -0.1) is 11.3 Å². The molecule has 0 aliphatic carbocycles. The van der Waals surface area contributed by atoms with Crippen LogP contribution in [0.2, 0.25) is 0 Å². The normalized spacial score (nSPS) is 14.9. The summed E-state index contributed by atoms with van der Waals surface area (Å²) in [5.41, 5.74) is 2.07. The molecule has 0 N–H and O–H groups in total. The van der Waals surface area contributed by atoms with Gasteiger partial charge in [0.25, 0.3) is 5.91 Å². The Hall–Kier alpha value is -3.23. The number of para-hydroxylation sites is 1. The second-order valence-corrected chi connectivity index (χ2v) is 9.78. The lowest BCUT2D eigenvalue weighted by molar-refractivity contribution is -0.135. The molecule has 1 aliphatic rings. The SMILES string of the molecule is COCCCN(CC(=O)N1CCc2sccc2C1COc1ccccc1C)C(=O)c1ccccc1F. The van der Waals surface area contributed by atoms with Gasteiger partial charge < -0.3 is 19.3 Å². The highest BCUT2D eigenvalue weighted by Crippen LogP contribution is 2.34. The van der Waals surface area contributed by atoms with Crippen molar-refractivity contribution in [2.45, 2.75) is 25.8 Å². The third kappa shape index (κ3) is 5.94. The molecule has 0 fully saturated rings. The Kier molecular flexibility index (Phi) is 8.72. The van der Waals surface area contributed by atoms with E-state index in [1.807, 2.05) is 42.6 Å². The van der Waals surface area contributed by atoms with Crippen molar-refractivity contribution in [1.82, 2.24) is 9.80 Å². The van der Waals surface area contributed by atoms with Crippen molar-refractivity contribution in [2.75, 3.05) is 40.0 Å². The first kappa shape index (κ1) is 25.9. The van der Waals surface area contributed by atoms with Gasteiger partial charge in [0.15, 0.2) is 0 Å². The number of fused-ring (bicyclic) bond motifs is 1. The molecule has 2 aromatic carbocycles. The van der Waals surface area contributed by atoms with Gasteiger partial charge in [0.1, 0.15) is 24.7 Å². The molecule has 1 atom stereocenters. The van der Waals surface area contributed by atoms with E-state index in [0.717, 1.165) is 23.3 Å². The quantitative estimate of drug-likeness (QED) is 0.365. The first-order valence-corrected chi connectivity index (χ1v) is 12.9. The summed E-state index contributed by atoms with van der Waals surface area (Å²) in [6.45, 7) is 3.41. The molecule has 1 aromatic heterocycles. The molecule has 0 bridgehead atoms. The first-order valence-electron chi connectivity index (χ1n) is 12.1. The Morgan fingerprint density at radius 2 is 1.92 bits per heavy atom. The van der Waals surface area contributed by atoms with Crippen LogP contribution in [0.1, 0.15) is 38.8 Å². The minimum Gasteiger partial charge on any atom is -0.491 e. The van der Waals surface area contributed by atoms with E-state index in [1.165, 1.54) is 28.0 Å². The lowest BCUT2D eigenvalue weighted by atomic mass is 10.00. The average Bonchev–Trinajstić information content (AvgIpc) is 3.37. The zero-order valence-electron chi connectivity index (χ0n) is 20.6. The van der Waals surface area contributed by atoms with Gasteiger partial charge in [-0.1, -0.05) is 30.3 Å². The number of aryl methyl sites for hydroxylation is 1. The molecule has 0 saturated heterocycles. The zero-order chi connectivity index (χ0) is 25.5. The van der Waals surface area contributed by atoms with Crippen LogP contribution < -0.4 is 4.74 Å². The molecule has 2 heterocycles. The van der Waals surface area contributed by atoms with Gasteiger partial charge >= 0.3 is 0 Å². The Balaban J connectivity index is 1.54. The fourth-order valence-electron chi connectivity index (χ4n) is 4.47. The summed E-state index contributed by atoms with van der Waals surface area (Å²) < 4.78 is 25.7. The van der Waals surface area contributed by atoms with E-state index >= 15 is 0 Å². The summed E-state index contributed by atoms with van der Waals surface area (Å²) >= 11 is 1.69. The van der Waals surface area contributed by atoms with Gasteiger partial charge in [-0.2, -0.15) is 0 Å². The molecule has 3 aromatic rings. The van der Waals surface area contributed by atoms with Crippen LogP contribution in [0.25, 0.3) is 0 Å². The molecule has 0 spiro atoms. The molecule has 0 saturated carbocycles. The van der Waals surface area contributed by atoms with Crippen LogP contribution in [0, 0.1) is 12.7 Å². The largest absolute Gasteiger partial charge is 0.491 e. The smallest absolute Gasteiger partial charge is 0.257 e. The van der Waals surface area contributed by atoms with Crippen molar-refractivity contribution >= 4 is 23.2 Å². The third-order valence-electron chi connectivity index (χ3n) is 6.40. The maximum absolute atomic E-state index is 14.4. The number of amides is 2. The van der Waals surface area contributed by atoms with E-state index < -0.39 is 11.7 Å². The summed E-state index contributed by atoms with van der Waals surface area (Å²) in [4.78, 5) is 31.3. The van der Waals surface area contributed by atoms with Gasteiger partial charge in [0.2, 0.25) is 5.91 Å². The highest BCUT2D eigenvalue weighted by molar-refractivity contribution is 7.10. The second kappa shape index (κ2) is 12.1. The van der Waals surface area contributed by atoms with Gasteiger partial charge in [0, 0.05) is 31.7 Å². The summed E-state index contributed by atoms with van der Waals surface area (Å²) in [6, 6.07) is 15.4. The molecule has 36 heavy (non-hydrogen) atoms. The topological polar surface area (TPSA) is 59.1 Å². The van der Waals surface area contributed by atoms with Crippen LogP contribution in [0.5, 0.6) is 5.75 Å². The molecular formula is C28H31FN2O4S. The molecule has 4 rings (SSSR count). The lowest BCUT2D eigenvalue weighted by Crippen LogP contribution is -2.48. The predicted molar refractivity (Wildman–Crippen MR) is 138 cm³/mol. The highest BCUT2D eigenvalue weighted by Gasteiger charge is 2.34. The van der Waals surface area contributed by atoms with Crippen LogP contribution >= 0.6 is 11.3 Å². The van der Waals surface area contributed by atoms with Crippen molar-refractivity contribution in [3.63, 3.8) is 0 Å². The first-order chi connectivity index (χ1) is 17.5. The summed E-state index contributed by atoms with van der Waals surface area (Å²) in [5, 5.41) is 2.04. The second-order valence-electron chi connectivity index (χ2n) is 8.78. The molecule has 8 heteroatoms. The maximum Gasteiger partial charge on any atom is 0.257 e. The van der Waals surface area contributed by atoms with E-state index in [0.29, 0.717) is 26.2 Å². The molecule has 190 valence electrons. The van der Waals surface area contributed by atoms with Crippen molar-refractivity contribution in [1.29, 1.82) is 0 Å². The number of rotatable bonds is 10. The van der Waals surface area contributed by atoms with Crippen LogP contribution in [-0.4, -0.2) is 61.6 Å². The zero-order valence-corrected chi connectivity index (χ0v) is 21.4. The van der Waals surface area contributed by atoms with Crippen LogP contribution in [0.3, 0.4) is 0 Å². The van der Waals surface area contributed by atoms with E-state index in [-0.39, 0.29) is 30.6 Å². The number of thiophene rings is 1. The number of carbonyl (C=O) groups is 2. The van der Waals surface area contributed by atoms with E-state index in [2.05, 4.69) is 0 Å². The summed E-state index contributed by atoms with van der Waals surface area (Å²) in [5.74, 6) is -0.508. The predicted octanol–water partition coefficient (Wildman–Crippen LogP) is 4.88. The van der Waals surface area contributed by atoms with Crippen molar-refractivity contribution in [3.8, 4) is 5.75 Å². The van der Waals surface area contributed by atoms with Gasteiger partial charge in [-0.05, 0) is 60.5 Å². The molecule has 1 aliphatic heterocycles. The Morgan fingerprint density at radius 3 is 2.69 bits per heavy atom. The monoisotopic (exact) mass is 510 g/mol. The van der Waals surface area contributed by atoms with Crippen molar-refractivity contribution < 1.29 is 23.5 Å². The van der Waals surface area contributed by atoms with Crippen molar-refractivity contribution in [3.05, 3.63) is 87.4 Å². The van der Waals surface area contributed by atoms with Crippen LogP contribution in [0.4, 0.5) is 4.39 Å². The Bertz CT molecular complexity index is 1200. The number of halogens is 1. The van der Waals surface area contributed by atoms with Crippen molar-refractivity contribution in [2.24, 2.45) is 0 Å². The standard InChI is InChI=1S/C28H31FN2O4S/c1-20-8-3-6-11-25(20)35-19-24-22-13-17-36-26(22)12-15-31(24)27(32)18-30(14-7-16-34-2)28(33)21-9-4-5-10-23(21)29/h3-6,8-11,13,17,24H,7,12,14-16,18-19H2,1-2H3. The Morgan fingerprint density at radius 1 is 1.14 bits per heavy atom. The number of hydrogen-bond donors (Lipinski definition) is 0. The van der Waals surface area contributed by atoms with E-state index in [9.17, 15) is 14.0 Å². The molecular weight excluding hydrogens is 479 g/mol. The number of hydrogen-bond acceptors (Lipinski definition) is 5. The number of nitrogens with zero attached hydrogens (tertiary/aromatic N) is 2. The summed E-state index contributed by atoms with van der Waals surface area (Å²) in [6.07, 6.45) is 1.29. The maximum atomic E-state index is 14.4. The fraction of sp³-hybridized carbons (Fsp3) is 0.357. The fourth-order valence-corrected chi connectivity index (χ4v) is 5.40. The van der Waals surface area contributed by atoms with Gasteiger partial charge in [0.05, 0.1) is 11.6 Å². The molecule has 2 amide bonds. The molecule has 1 unspecified atom stereocenters. The highest BCUT2D eigenvalue weighted by atomic mass is 32.1. The molecule has 6 nitrogen and oxygen atoms in total. The lowest BCUT2D eigenvalue weighted by Gasteiger charge is -2.37. The minimum atomic E-state index is -0.600. The number of benzene rings is 2. The summed E-state index contributed by atoms with van der Waals surface area (Å²) in [7, 11) is 1.58. The van der Waals surface area contributed by atoms with Crippen LogP contribution in [-0.2, 0) is 16.0 Å². The van der Waals surface area contributed by atoms with Crippen LogP contribution in [0.15, 0.2) is 60.0 Å². The Labute approximate surface area is 215 Å². The third-order valence-corrected chi connectivity index (χ3v) is 7.40. The average molecular weight is 511 g/mol. The number of ether oxygens (including phenoxy) is 2.